The van der Waals surface area contributed by atoms with E-state index in [0.29, 0.717) is 18.5 Å². The van der Waals surface area contributed by atoms with Gasteiger partial charge in [0.15, 0.2) is 5.82 Å². The maximum absolute atomic E-state index is 13.2. The normalized spacial score (nSPS) is 14.2. The summed E-state index contributed by atoms with van der Waals surface area (Å²) in [5, 5.41) is 17.3. The number of nitrogens with one attached hydrogen (secondary N) is 1. The van der Waals surface area contributed by atoms with E-state index in [4.69, 9.17) is 0 Å². The summed E-state index contributed by atoms with van der Waals surface area (Å²) in [5.74, 6) is -0.649. The van der Waals surface area contributed by atoms with Gasteiger partial charge < -0.3 is 5.11 Å². The molecule has 2 N–H and O–H groups in total. The van der Waals surface area contributed by atoms with Gasteiger partial charge in [-0.25, -0.2) is 8.42 Å². The zero-order valence-electron chi connectivity index (χ0n) is 19.0. The maximum Gasteiger partial charge on any atom is 0.259 e. The summed E-state index contributed by atoms with van der Waals surface area (Å²) in [5.41, 5.74) is 4.84. The lowest BCUT2D eigenvalue weighted by Gasteiger charge is -2.28. The smallest absolute Gasteiger partial charge is 0.259 e. The van der Waals surface area contributed by atoms with Gasteiger partial charge in [-0.05, 0) is 40.2 Å². The molecule has 0 spiro atoms. The van der Waals surface area contributed by atoms with Crippen molar-refractivity contribution in [2.75, 3.05) is 22.4 Å². The predicted molar refractivity (Wildman–Crippen MR) is 128 cm³/mol. The van der Waals surface area contributed by atoms with Crippen molar-refractivity contribution in [1.29, 1.82) is 0 Å². The minimum Gasteiger partial charge on any atom is -0.491 e. The van der Waals surface area contributed by atoms with E-state index in [1.807, 2.05) is 12.1 Å². The van der Waals surface area contributed by atoms with Crippen LogP contribution in [0.2, 0.25) is 0 Å². The lowest BCUT2D eigenvalue weighted by Crippen LogP contribution is -2.38. The number of amides is 1. The summed E-state index contributed by atoms with van der Waals surface area (Å²) in [7, 11) is -3.63. The molecule has 0 bridgehead atoms. The first-order valence-corrected chi connectivity index (χ1v) is 12.4. The molecule has 1 aromatic heterocycles. The van der Waals surface area contributed by atoms with Gasteiger partial charge in [-0.1, -0.05) is 57.2 Å². The number of hydrogen-bond acceptors (Lipinski definition) is 6. The van der Waals surface area contributed by atoms with Crippen molar-refractivity contribution < 1.29 is 18.3 Å². The van der Waals surface area contributed by atoms with Crippen LogP contribution in [0.3, 0.4) is 0 Å². The summed E-state index contributed by atoms with van der Waals surface area (Å²) in [6, 6.07) is 15.5. The Labute approximate surface area is 193 Å². The molecule has 8 nitrogen and oxygen atoms in total. The third-order valence-corrected chi connectivity index (χ3v) is 6.19. The fraction of sp³-hybridized carbons (Fsp3) is 0.292. The average molecular weight is 467 g/mol. The number of carbonyl (C=O) groups excluding carboxylic acids is 1. The lowest BCUT2D eigenvalue weighted by atomic mass is 9.86. The number of hydrogen-bond donors (Lipinski definition) is 2. The molecule has 0 fully saturated rings. The minimum absolute atomic E-state index is 0.0814. The van der Waals surface area contributed by atoms with E-state index in [0.717, 1.165) is 22.9 Å². The highest BCUT2D eigenvalue weighted by Gasteiger charge is 2.28. The zero-order chi connectivity index (χ0) is 24.0. The average Bonchev–Trinajstić information content (AvgIpc) is 2.74. The first-order chi connectivity index (χ1) is 15.4. The van der Waals surface area contributed by atoms with Gasteiger partial charge >= 0.3 is 0 Å². The second-order valence-electron chi connectivity index (χ2n) is 9.22. The molecule has 1 aliphatic heterocycles. The van der Waals surface area contributed by atoms with Gasteiger partial charge in [0.05, 0.1) is 6.26 Å². The van der Waals surface area contributed by atoms with E-state index < -0.39 is 15.9 Å². The SMILES string of the molecule is CC(C)(C)c1ccc(-c2ccc3c(c2)CCN(c2cc(NS(C)(=O)=O)c(O)nn2)C3=O)cc1. The molecule has 2 heterocycles. The number of carbonyl (C=O) groups is 1. The van der Waals surface area contributed by atoms with Gasteiger partial charge in [0.25, 0.3) is 11.8 Å². The van der Waals surface area contributed by atoms with Gasteiger partial charge in [0.2, 0.25) is 10.0 Å². The molecular formula is C24H26N4O4S. The lowest BCUT2D eigenvalue weighted by molar-refractivity contribution is 0.0979. The molecule has 3 aromatic rings. The first-order valence-electron chi connectivity index (χ1n) is 10.5. The Kier molecular flexibility index (Phi) is 5.61. The van der Waals surface area contributed by atoms with Crippen LogP contribution in [0.5, 0.6) is 5.88 Å². The number of fused-ring (bicyclic) bond motifs is 1. The second-order valence-corrected chi connectivity index (χ2v) is 11.0. The third-order valence-electron chi connectivity index (χ3n) is 5.60. The Morgan fingerprint density at radius 1 is 1.00 bits per heavy atom. The quantitative estimate of drug-likeness (QED) is 0.606. The maximum atomic E-state index is 13.2. The summed E-state index contributed by atoms with van der Waals surface area (Å²) < 4.78 is 25.3. The largest absolute Gasteiger partial charge is 0.491 e. The Hall–Kier alpha value is -3.46. The molecule has 4 rings (SSSR count). The molecule has 33 heavy (non-hydrogen) atoms. The van der Waals surface area contributed by atoms with Crippen LogP contribution in [0.4, 0.5) is 11.5 Å². The topological polar surface area (TPSA) is 112 Å². The molecule has 9 heteroatoms. The van der Waals surface area contributed by atoms with Gasteiger partial charge in [-0.15, -0.1) is 10.2 Å². The molecule has 0 saturated carbocycles. The molecule has 0 aliphatic carbocycles. The van der Waals surface area contributed by atoms with Crippen LogP contribution < -0.4 is 9.62 Å². The number of aromatic hydroxyl groups is 1. The van der Waals surface area contributed by atoms with Crippen LogP contribution >= 0.6 is 0 Å². The van der Waals surface area contributed by atoms with E-state index in [1.54, 1.807) is 6.07 Å². The van der Waals surface area contributed by atoms with E-state index in [-0.39, 0.29) is 22.8 Å². The van der Waals surface area contributed by atoms with Crippen molar-refractivity contribution in [3.05, 3.63) is 65.2 Å². The highest BCUT2D eigenvalue weighted by atomic mass is 32.2. The Morgan fingerprint density at radius 3 is 2.30 bits per heavy atom. The van der Waals surface area contributed by atoms with E-state index >= 15 is 0 Å². The van der Waals surface area contributed by atoms with E-state index in [9.17, 15) is 18.3 Å². The highest BCUT2D eigenvalue weighted by molar-refractivity contribution is 7.92. The number of sulfonamides is 1. The zero-order valence-corrected chi connectivity index (χ0v) is 19.8. The summed E-state index contributed by atoms with van der Waals surface area (Å²) in [6.45, 7) is 6.89. The standard InChI is InChI=1S/C24H26N4O4S/c1-24(2,3)18-8-5-15(6-9-18)16-7-10-19-17(13-16)11-12-28(23(19)30)21-14-20(22(29)26-25-21)27-33(4,31)32/h5-10,13-14H,11-12H2,1-4H3,(H,25,27)(H,26,29). The molecule has 0 unspecified atom stereocenters. The summed E-state index contributed by atoms with van der Waals surface area (Å²) in [4.78, 5) is 14.6. The third kappa shape index (κ3) is 4.83. The predicted octanol–water partition coefficient (Wildman–Crippen LogP) is 3.72. The number of anilines is 2. The van der Waals surface area contributed by atoms with Crippen LogP contribution in [0.15, 0.2) is 48.5 Å². The van der Waals surface area contributed by atoms with Crippen molar-refractivity contribution in [2.45, 2.75) is 32.6 Å². The Morgan fingerprint density at radius 2 is 1.67 bits per heavy atom. The van der Waals surface area contributed by atoms with Crippen molar-refractivity contribution in [1.82, 2.24) is 10.2 Å². The summed E-state index contributed by atoms with van der Waals surface area (Å²) >= 11 is 0. The van der Waals surface area contributed by atoms with Gasteiger partial charge in [0, 0.05) is 18.2 Å². The molecular weight excluding hydrogens is 440 g/mol. The second kappa shape index (κ2) is 8.15. The molecule has 0 saturated heterocycles. The van der Waals surface area contributed by atoms with Crippen molar-refractivity contribution in [3.63, 3.8) is 0 Å². The van der Waals surface area contributed by atoms with Crippen LogP contribution in [0, 0.1) is 0 Å². The van der Waals surface area contributed by atoms with Crippen LogP contribution in [0.1, 0.15) is 42.3 Å². The van der Waals surface area contributed by atoms with E-state index in [2.05, 4.69) is 60.0 Å². The number of aromatic nitrogens is 2. The fourth-order valence-corrected chi connectivity index (χ4v) is 4.38. The Bertz CT molecular complexity index is 1330. The monoisotopic (exact) mass is 466 g/mol. The van der Waals surface area contributed by atoms with Gasteiger partial charge in [-0.2, -0.15) is 0 Å². The minimum atomic E-state index is -3.63. The van der Waals surface area contributed by atoms with E-state index in [1.165, 1.54) is 16.5 Å². The fourth-order valence-electron chi connectivity index (χ4n) is 3.83. The Balaban J connectivity index is 1.61. The van der Waals surface area contributed by atoms with Crippen LogP contribution in [0.25, 0.3) is 11.1 Å². The summed E-state index contributed by atoms with van der Waals surface area (Å²) in [6.07, 6.45) is 1.56. The van der Waals surface area contributed by atoms with Crippen molar-refractivity contribution in [3.8, 4) is 17.0 Å². The first kappa shape index (κ1) is 22.7. The number of nitrogens with zero attached hydrogens (tertiary/aromatic N) is 3. The van der Waals surface area contributed by atoms with Crippen LogP contribution in [-0.2, 0) is 21.9 Å². The molecule has 1 aliphatic rings. The molecule has 0 atom stereocenters. The number of benzene rings is 2. The van der Waals surface area contributed by atoms with Crippen molar-refractivity contribution >= 4 is 27.4 Å². The van der Waals surface area contributed by atoms with Gasteiger partial charge in [-0.3, -0.25) is 14.4 Å². The van der Waals surface area contributed by atoms with Crippen molar-refractivity contribution in [2.24, 2.45) is 0 Å². The van der Waals surface area contributed by atoms with Crippen LogP contribution in [-0.4, -0.2) is 42.4 Å². The number of rotatable bonds is 4. The molecule has 0 radical (unpaired) electrons. The van der Waals surface area contributed by atoms with Gasteiger partial charge in [0.1, 0.15) is 5.69 Å². The molecule has 2 aromatic carbocycles. The molecule has 172 valence electrons. The highest BCUT2D eigenvalue weighted by Crippen LogP contribution is 2.31. The molecule has 1 amide bonds.